The number of carbonyl (C=O) groups is 1. The summed E-state index contributed by atoms with van der Waals surface area (Å²) in [5.41, 5.74) is 0.734. The van der Waals surface area contributed by atoms with Gasteiger partial charge < -0.3 is 5.32 Å². The maximum absolute atomic E-state index is 12.1. The van der Waals surface area contributed by atoms with E-state index in [0.717, 1.165) is 11.8 Å². The molecule has 0 aliphatic carbocycles. The SMILES string of the molecule is Cc1cc([N+](=O)[O-])ccc1C(=O)NC(C)(C)CCBr. The van der Waals surface area contributed by atoms with Crippen molar-refractivity contribution in [3.05, 3.63) is 39.4 Å². The Morgan fingerprint density at radius 1 is 1.47 bits per heavy atom. The van der Waals surface area contributed by atoms with E-state index in [1.165, 1.54) is 18.2 Å². The first-order chi connectivity index (χ1) is 8.76. The molecule has 0 aliphatic rings. The number of nitrogens with zero attached hydrogens (tertiary/aromatic N) is 1. The third kappa shape index (κ3) is 4.31. The number of hydrogen-bond donors (Lipinski definition) is 1. The second-order valence-corrected chi connectivity index (χ2v) is 5.83. The van der Waals surface area contributed by atoms with E-state index >= 15 is 0 Å². The molecule has 104 valence electrons. The maximum Gasteiger partial charge on any atom is 0.269 e. The summed E-state index contributed by atoms with van der Waals surface area (Å²) in [4.78, 5) is 22.3. The number of nitro groups is 1. The van der Waals surface area contributed by atoms with Crippen molar-refractivity contribution in [2.24, 2.45) is 0 Å². The van der Waals surface area contributed by atoms with Gasteiger partial charge in [-0.1, -0.05) is 15.9 Å². The first-order valence-electron chi connectivity index (χ1n) is 5.90. The highest BCUT2D eigenvalue weighted by Gasteiger charge is 2.22. The van der Waals surface area contributed by atoms with Crippen molar-refractivity contribution in [2.75, 3.05) is 5.33 Å². The molecule has 0 aliphatic heterocycles. The highest BCUT2D eigenvalue weighted by atomic mass is 79.9. The molecular formula is C13H17BrN2O3. The van der Waals surface area contributed by atoms with Crippen LogP contribution in [-0.2, 0) is 0 Å². The number of halogens is 1. The number of rotatable bonds is 5. The maximum atomic E-state index is 12.1. The third-order valence-corrected chi connectivity index (χ3v) is 3.23. The lowest BCUT2D eigenvalue weighted by Gasteiger charge is -2.25. The van der Waals surface area contributed by atoms with Crippen molar-refractivity contribution in [1.82, 2.24) is 5.32 Å². The van der Waals surface area contributed by atoms with E-state index in [-0.39, 0.29) is 17.1 Å². The Kier molecular flexibility index (Phi) is 5.05. The fraction of sp³-hybridized carbons (Fsp3) is 0.462. The summed E-state index contributed by atoms with van der Waals surface area (Å²) in [7, 11) is 0. The Morgan fingerprint density at radius 2 is 2.11 bits per heavy atom. The van der Waals surface area contributed by atoms with Gasteiger partial charge in [0.25, 0.3) is 11.6 Å². The van der Waals surface area contributed by atoms with Crippen LogP contribution in [0.15, 0.2) is 18.2 Å². The third-order valence-electron chi connectivity index (χ3n) is 2.84. The number of nitro benzene ring substituents is 1. The van der Waals surface area contributed by atoms with Crippen molar-refractivity contribution < 1.29 is 9.72 Å². The van der Waals surface area contributed by atoms with Crippen LogP contribution in [0.25, 0.3) is 0 Å². The zero-order chi connectivity index (χ0) is 14.6. The van der Waals surface area contributed by atoms with Gasteiger partial charge in [0.1, 0.15) is 0 Å². The lowest BCUT2D eigenvalue weighted by Crippen LogP contribution is -2.43. The van der Waals surface area contributed by atoms with Crippen LogP contribution in [0.5, 0.6) is 0 Å². The molecule has 5 nitrogen and oxygen atoms in total. The molecule has 1 amide bonds. The highest BCUT2D eigenvalue weighted by Crippen LogP contribution is 2.18. The lowest BCUT2D eigenvalue weighted by atomic mass is 10.00. The molecule has 19 heavy (non-hydrogen) atoms. The topological polar surface area (TPSA) is 72.2 Å². The van der Waals surface area contributed by atoms with E-state index in [1.807, 2.05) is 13.8 Å². The Labute approximate surface area is 120 Å². The second kappa shape index (κ2) is 6.14. The summed E-state index contributed by atoms with van der Waals surface area (Å²) in [5, 5.41) is 14.4. The Bertz CT molecular complexity index is 501. The lowest BCUT2D eigenvalue weighted by molar-refractivity contribution is -0.384. The monoisotopic (exact) mass is 328 g/mol. The molecule has 6 heteroatoms. The van der Waals surface area contributed by atoms with Gasteiger partial charge in [-0.2, -0.15) is 0 Å². The molecule has 0 fully saturated rings. The first-order valence-corrected chi connectivity index (χ1v) is 7.02. The van der Waals surface area contributed by atoms with Crippen LogP contribution in [0.3, 0.4) is 0 Å². The molecule has 0 aromatic heterocycles. The second-order valence-electron chi connectivity index (χ2n) is 5.03. The Hall–Kier alpha value is -1.43. The molecule has 0 radical (unpaired) electrons. The zero-order valence-corrected chi connectivity index (χ0v) is 12.8. The molecule has 0 spiro atoms. The number of carbonyl (C=O) groups excluding carboxylic acids is 1. The van der Waals surface area contributed by atoms with Gasteiger partial charge >= 0.3 is 0 Å². The predicted molar refractivity (Wildman–Crippen MR) is 77.8 cm³/mol. The molecule has 0 atom stereocenters. The van der Waals surface area contributed by atoms with Gasteiger partial charge in [-0.15, -0.1) is 0 Å². The van der Waals surface area contributed by atoms with Crippen LogP contribution < -0.4 is 5.32 Å². The van der Waals surface area contributed by atoms with Crippen molar-refractivity contribution >= 4 is 27.5 Å². The molecule has 0 bridgehead atoms. The molecule has 1 rings (SSSR count). The smallest absolute Gasteiger partial charge is 0.269 e. The summed E-state index contributed by atoms with van der Waals surface area (Å²) in [6.45, 7) is 5.57. The minimum Gasteiger partial charge on any atom is -0.347 e. The van der Waals surface area contributed by atoms with E-state index < -0.39 is 4.92 Å². The zero-order valence-electron chi connectivity index (χ0n) is 11.2. The Morgan fingerprint density at radius 3 is 2.58 bits per heavy atom. The van der Waals surface area contributed by atoms with E-state index in [2.05, 4.69) is 21.2 Å². The van der Waals surface area contributed by atoms with Crippen molar-refractivity contribution in [2.45, 2.75) is 32.7 Å². The van der Waals surface area contributed by atoms with Crippen LogP contribution in [0, 0.1) is 17.0 Å². The summed E-state index contributed by atoms with van der Waals surface area (Å²) >= 11 is 3.35. The summed E-state index contributed by atoms with van der Waals surface area (Å²) in [6, 6.07) is 4.25. The summed E-state index contributed by atoms with van der Waals surface area (Å²) in [5.74, 6) is -0.210. The number of benzene rings is 1. The number of non-ortho nitro benzene ring substituents is 1. The standard InChI is InChI=1S/C13H17BrN2O3/c1-9-8-10(16(18)19)4-5-11(9)12(17)15-13(2,3)6-7-14/h4-5,8H,6-7H2,1-3H3,(H,15,17). The quantitative estimate of drug-likeness (QED) is 0.512. The van der Waals surface area contributed by atoms with Crippen LogP contribution in [-0.4, -0.2) is 21.7 Å². The van der Waals surface area contributed by atoms with E-state index in [1.54, 1.807) is 6.92 Å². The number of alkyl halides is 1. The predicted octanol–water partition coefficient (Wildman–Crippen LogP) is 3.20. The number of aryl methyl sites for hydroxylation is 1. The van der Waals surface area contributed by atoms with Gasteiger partial charge in [-0.25, -0.2) is 0 Å². The van der Waals surface area contributed by atoms with E-state index in [0.29, 0.717) is 11.1 Å². The Balaban J connectivity index is 2.92. The van der Waals surface area contributed by atoms with Gasteiger partial charge in [-0.3, -0.25) is 14.9 Å². The minimum atomic E-state index is -0.469. The average molecular weight is 329 g/mol. The van der Waals surface area contributed by atoms with Gasteiger partial charge in [-0.05, 0) is 38.8 Å². The number of hydrogen-bond acceptors (Lipinski definition) is 3. The molecule has 0 unspecified atom stereocenters. The van der Waals surface area contributed by atoms with Crippen LogP contribution in [0.1, 0.15) is 36.2 Å². The highest BCUT2D eigenvalue weighted by molar-refractivity contribution is 9.09. The van der Waals surface area contributed by atoms with Gasteiger partial charge in [0.05, 0.1) is 4.92 Å². The molecule has 1 N–H and O–H groups in total. The average Bonchev–Trinajstić information content (AvgIpc) is 2.27. The fourth-order valence-electron chi connectivity index (χ4n) is 1.69. The van der Waals surface area contributed by atoms with Gasteiger partial charge in [0.2, 0.25) is 0 Å². The molecule has 0 saturated carbocycles. The van der Waals surface area contributed by atoms with Crippen LogP contribution in [0.2, 0.25) is 0 Å². The summed E-state index contributed by atoms with van der Waals surface area (Å²) < 4.78 is 0. The van der Waals surface area contributed by atoms with Crippen molar-refractivity contribution in [1.29, 1.82) is 0 Å². The summed E-state index contributed by atoms with van der Waals surface area (Å²) in [6.07, 6.45) is 0.796. The van der Waals surface area contributed by atoms with E-state index in [9.17, 15) is 14.9 Å². The van der Waals surface area contributed by atoms with Crippen molar-refractivity contribution in [3.63, 3.8) is 0 Å². The van der Waals surface area contributed by atoms with Crippen LogP contribution >= 0.6 is 15.9 Å². The largest absolute Gasteiger partial charge is 0.347 e. The number of nitrogens with one attached hydrogen (secondary N) is 1. The molecule has 0 heterocycles. The minimum absolute atomic E-state index is 0.00577. The van der Waals surface area contributed by atoms with Gasteiger partial charge in [0.15, 0.2) is 0 Å². The van der Waals surface area contributed by atoms with Gasteiger partial charge in [0, 0.05) is 28.6 Å². The van der Waals surface area contributed by atoms with Crippen molar-refractivity contribution in [3.8, 4) is 0 Å². The normalized spacial score (nSPS) is 11.2. The first kappa shape index (κ1) is 15.6. The fourth-order valence-corrected chi connectivity index (χ4v) is 2.68. The molecule has 1 aromatic rings. The van der Waals surface area contributed by atoms with E-state index in [4.69, 9.17) is 0 Å². The van der Waals surface area contributed by atoms with Crippen LogP contribution in [0.4, 0.5) is 5.69 Å². The molecule has 0 saturated heterocycles. The molecular weight excluding hydrogens is 312 g/mol. The number of amides is 1. The molecule has 1 aromatic carbocycles.